The molecule has 0 aliphatic carbocycles. The van der Waals surface area contributed by atoms with E-state index >= 15 is 0 Å². The number of hydrogen-bond donors (Lipinski definition) is 1. The molecule has 2 aromatic rings. The lowest BCUT2D eigenvalue weighted by Gasteiger charge is -2.03. The predicted molar refractivity (Wildman–Crippen MR) is 71.4 cm³/mol. The molecule has 0 saturated heterocycles. The molecule has 5 heteroatoms. The van der Waals surface area contributed by atoms with Gasteiger partial charge in [-0.2, -0.15) is 0 Å². The van der Waals surface area contributed by atoms with Gasteiger partial charge in [0, 0.05) is 6.92 Å². The molecule has 98 valence electrons. The number of aromatic amines is 1. The van der Waals surface area contributed by atoms with Crippen LogP contribution in [0.4, 0.5) is 0 Å². The van der Waals surface area contributed by atoms with Gasteiger partial charge in [0.2, 0.25) is 0 Å². The molecular formula is C14H12ClNO3. The van der Waals surface area contributed by atoms with Gasteiger partial charge in [-0.25, -0.2) is 4.79 Å². The Kier molecular flexibility index (Phi) is 4.02. The zero-order chi connectivity index (χ0) is 13.8. The van der Waals surface area contributed by atoms with E-state index in [2.05, 4.69) is 4.98 Å². The van der Waals surface area contributed by atoms with Crippen molar-refractivity contribution in [3.05, 3.63) is 58.4 Å². The van der Waals surface area contributed by atoms with Crippen LogP contribution >= 0.6 is 11.6 Å². The number of ether oxygens (including phenoxy) is 1. The van der Waals surface area contributed by atoms with Crippen LogP contribution in [0.15, 0.2) is 36.4 Å². The first-order chi connectivity index (χ1) is 9.08. The minimum atomic E-state index is -0.543. The van der Waals surface area contributed by atoms with Crippen LogP contribution < -0.4 is 0 Å². The molecule has 2 rings (SSSR count). The molecule has 19 heavy (non-hydrogen) atoms. The van der Waals surface area contributed by atoms with Gasteiger partial charge in [-0.3, -0.25) is 4.79 Å². The lowest BCUT2D eigenvalue weighted by atomic mass is 10.2. The first kappa shape index (κ1) is 13.4. The maximum Gasteiger partial charge on any atom is 0.355 e. The first-order valence-corrected chi connectivity index (χ1v) is 6.06. The van der Waals surface area contributed by atoms with E-state index in [0.717, 1.165) is 5.56 Å². The molecule has 0 spiro atoms. The van der Waals surface area contributed by atoms with Gasteiger partial charge >= 0.3 is 5.97 Å². The van der Waals surface area contributed by atoms with Crippen molar-refractivity contribution in [3.8, 4) is 0 Å². The number of halogens is 1. The van der Waals surface area contributed by atoms with E-state index in [1.807, 2.05) is 30.3 Å². The third-order valence-electron chi connectivity index (χ3n) is 2.55. The van der Waals surface area contributed by atoms with E-state index in [-0.39, 0.29) is 28.8 Å². The second-order valence-corrected chi connectivity index (χ2v) is 4.43. The van der Waals surface area contributed by atoms with Crippen LogP contribution in [0, 0.1) is 0 Å². The summed E-state index contributed by atoms with van der Waals surface area (Å²) >= 11 is 5.84. The summed E-state index contributed by atoms with van der Waals surface area (Å²) in [5.74, 6) is -0.773. The molecule has 1 N–H and O–H groups in total. The number of hydrogen-bond acceptors (Lipinski definition) is 3. The van der Waals surface area contributed by atoms with Crippen LogP contribution in [-0.2, 0) is 11.3 Å². The molecular weight excluding hydrogens is 266 g/mol. The molecule has 0 fully saturated rings. The maximum atomic E-state index is 11.8. The highest BCUT2D eigenvalue weighted by Crippen LogP contribution is 2.18. The van der Waals surface area contributed by atoms with Crippen molar-refractivity contribution in [2.24, 2.45) is 0 Å². The normalized spacial score (nSPS) is 10.2. The van der Waals surface area contributed by atoms with Gasteiger partial charge in [-0.15, -0.1) is 0 Å². The molecule has 0 aliphatic heterocycles. The molecule has 0 saturated carbocycles. The van der Waals surface area contributed by atoms with Crippen LogP contribution in [0.3, 0.4) is 0 Å². The van der Waals surface area contributed by atoms with E-state index in [1.54, 1.807) is 0 Å². The largest absolute Gasteiger partial charge is 0.456 e. The van der Waals surface area contributed by atoms with Gasteiger partial charge in [-0.1, -0.05) is 41.9 Å². The van der Waals surface area contributed by atoms with Crippen LogP contribution in [-0.4, -0.2) is 16.7 Å². The van der Waals surface area contributed by atoms with Gasteiger partial charge in [-0.05, 0) is 11.6 Å². The second kappa shape index (κ2) is 5.71. The van der Waals surface area contributed by atoms with Crippen molar-refractivity contribution in [1.29, 1.82) is 0 Å². The summed E-state index contributed by atoms with van der Waals surface area (Å²) in [6.07, 6.45) is 0. The lowest BCUT2D eigenvalue weighted by molar-refractivity contribution is 0.0466. The number of carbonyl (C=O) groups is 2. The standard InChI is InChI=1S/C14H12ClNO3/c1-9(17)13-11(15)7-12(16-13)14(18)19-8-10-5-3-2-4-6-10/h2-7,16H,8H2,1H3. The van der Waals surface area contributed by atoms with Crippen LogP contribution in [0.2, 0.25) is 5.02 Å². The minimum Gasteiger partial charge on any atom is -0.456 e. The number of aromatic nitrogens is 1. The number of nitrogens with one attached hydrogen (secondary N) is 1. The van der Waals surface area contributed by atoms with Gasteiger partial charge in [0.25, 0.3) is 0 Å². The van der Waals surface area contributed by atoms with Gasteiger partial charge in [0.1, 0.15) is 18.0 Å². The molecule has 0 atom stereocenters. The summed E-state index contributed by atoms with van der Waals surface area (Å²) in [5, 5.41) is 0.221. The van der Waals surface area contributed by atoms with Gasteiger partial charge < -0.3 is 9.72 Å². The second-order valence-electron chi connectivity index (χ2n) is 4.02. The smallest absolute Gasteiger partial charge is 0.355 e. The number of H-pyrrole nitrogens is 1. The van der Waals surface area contributed by atoms with E-state index in [4.69, 9.17) is 16.3 Å². The number of benzene rings is 1. The van der Waals surface area contributed by atoms with Crippen LogP contribution in [0.1, 0.15) is 33.5 Å². The highest BCUT2D eigenvalue weighted by atomic mass is 35.5. The number of esters is 1. The van der Waals surface area contributed by atoms with Crippen molar-refractivity contribution < 1.29 is 14.3 Å². The molecule has 0 amide bonds. The molecule has 1 heterocycles. The molecule has 1 aromatic carbocycles. The van der Waals surface area contributed by atoms with E-state index in [0.29, 0.717) is 0 Å². The minimum absolute atomic E-state index is 0.172. The summed E-state index contributed by atoms with van der Waals surface area (Å²) in [5.41, 5.74) is 1.28. The van der Waals surface area contributed by atoms with Crippen molar-refractivity contribution in [2.75, 3.05) is 0 Å². The number of rotatable bonds is 4. The fourth-order valence-corrected chi connectivity index (χ4v) is 1.89. The monoisotopic (exact) mass is 277 g/mol. The Bertz CT molecular complexity index is 604. The zero-order valence-corrected chi connectivity index (χ0v) is 11.0. The van der Waals surface area contributed by atoms with Crippen molar-refractivity contribution >= 4 is 23.4 Å². The molecule has 1 aromatic heterocycles. The third-order valence-corrected chi connectivity index (χ3v) is 2.85. The Morgan fingerprint density at radius 3 is 2.53 bits per heavy atom. The number of ketones is 1. The Morgan fingerprint density at radius 1 is 1.26 bits per heavy atom. The van der Waals surface area contributed by atoms with E-state index in [9.17, 15) is 9.59 Å². The number of carbonyl (C=O) groups excluding carboxylic acids is 2. The summed E-state index contributed by atoms with van der Waals surface area (Å²) in [6, 6.07) is 10.7. The SMILES string of the molecule is CC(=O)c1[nH]c(C(=O)OCc2ccccc2)cc1Cl. The summed E-state index contributed by atoms with van der Waals surface area (Å²) < 4.78 is 5.12. The quantitative estimate of drug-likeness (QED) is 0.689. The third kappa shape index (κ3) is 3.23. The topological polar surface area (TPSA) is 59.2 Å². The van der Waals surface area contributed by atoms with E-state index < -0.39 is 5.97 Å². The van der Waals surface area contributed by atoms with Gasteiger partial charge in [0.15, 0.2) is 5.78 Å². The van der Waals surface area contributed by atoms with Crippen molar-refractivity contribution in [3.63, 3.8) is 0 Å². The highest BCUT2D eigenvalue weighted by Gasteiger charge is 2.16. The lowest BCUT2D eigenvalue weighted by Crippen LogP contribution is -2.06. The fourth-order valence-electron chi connectivity index (χ4n) is 1.60. The summed E-state index contributed by atoms with van der Waals surface area (Å²) in [4.78, 5) is 25.7. The summed E-state index contributed by atoms with van der Waals surface area (Å²) in [6.45, 7) is 1.54. The Hall–Kier alpha value is -2.07. The van der Waals surface area contributed by atoms with Crippen molar-refractivity contribution in [1.82, 2.24) is 4.98 Å². The van der Waals surface area contributed by atoms with Gasteiger partial charge in [0.05, 0.1) is 5.02 Å². The average Bonchev–Trinajstić information content (AvgIpc) is 2.79. The predicted octanol–water partition coefficient (Wildman–Crippen LogP) is 3.23. The molecule has 4 nitrogen and oxygen atoms in total. The van der Waals surface area contributed by atoms with E-state index in [1.165, 1.54) is 13.0 Å². The van der Waals surface area contributed by atoms with Crippen molar-refractivity contribution in [2.45, 2.75) is 13.5 Å². The zero-order valence-electron chi connectivity index (χ0n) is 10.3. The first-order valence-electron chi connectivity index (χ1n) is 5.68. The Balaban J connectivity index is 2.04. The molecule has 0 aliphatic rings. The maximum absolute atomic E-state index is 11.8. The van der Waals surface area contributed by atoms with Crippen LogP contribution in [0.25, 0.3) is 0 Å². The molecule has 0 radical (unpaired) electrons. The number of Topliss-reactive ketones (excluding diaryl/α,β-unsaturated/α-hetero) is 1. The highest BCUT2D eigenvalue weighted by molar-refractivity contribution is 6.34. The van der Waals surface area contributed by atoms with Crippen LogP contribution in [0.5, 0.6) is 0 Å². The Labute approximate surface area is 115 Å². The molecule has 0 unspecified atom stereocenters. The fraction of sp³-hybridized carbons (Fsp3) is 0.143. The summed E-state index contributed by atoms with van der Waals surface area (Å²) in [7, 11) is 0. The molecule has 0 bridgehead atoms. The Morgan fingerprint density at radius 2 is 1.95 bits per heavy atom. The average molecular weight is 278 g/mol.